The van der Waals surface area contributed by atoms with Crippen LogP contribution in [0.3, 0.4) is 0 Å². The van der Waals surface area contributed by atoms with Gasteiger partial charge in [0.15, 0.2) is 0 Å². The van der Waals surface area contributed by atoms with Crippen LogP contribution in [-0.4, -0.2) is 16.7 Å². The molecule has 2 N–H and O–H groups in total. The molecule has 1 fully saturated rings. The highest BCUT2D eigenvalue weighted by molar-refractivity contribution is 5.13. The zero-order valence-corrected chi connectivity index (χ0v) is 7.62. The molecule has 1 aromatic rings. The molecule has 1 unspecified atom stereocenters. The fourth-order valence-electron chi connectivity index (χ4n) is 1.55. The summed E-state index contributed by atoms with van der Waals surface area (Å²) in [7, 11) is 0. The zero-order chi connectivity index (χ0) is 9.31. The normalized spacial score (nSPS) is 29.0. The van der Waals surface area contributed by atoms with E-state index in [1.165, 1.54) is 0 Å². The molecule has 2 heterocycles. The van der Waals surface area contributed by atoms with Crippen molar-refractivity contribution in [2.24, 2.45) is 0 Å². The molecule has 72 valence electrons. The third kappa shape index (κ3) is 1.51. The van der Waals surface area contributed by atoms with Gasteiger partial charge in [0.25, 0.3) is 11.8 Å². The van der Waals surface area contributed by atoms with Crippen molar-refractivity contribution in [1.29, 1.82) is 0 Å². The molecule has 1 saturated heterocycles. The zero-order valence-electron chi connectivity index (χ0n) is 7.62. The van der Waals surface area contributed by atoms with Gasteiger partial charge >= 0.3 is 0 Å². The summed E-state index contributed by atoms with van der Waals surface area (Å²) in [5.74, 6) is 0.662. The second-order valence-electron chi connectivity index (χ2n) is 3.49. The number of hydrogen-bond acceptors (Lipinski definition) is 5. The molecule has 5 nitrogen and oxygen atoms in total. The number of anilines is 1. The Kier molecular flexibility index (Phi) is 1.95. The number of nitrogen functional groups attached to an aromatic ring is 1. The highest BCUT2D eigenvalue weighted by Gasteiger charge is 2.35. The molecule has 1 atom stereocenters. The van der Waals surface area contributed by atoms with E-state index in [0.29, 0.717) is 5.89 Å². The van der Waals surface area contributed by atoms with E-state index in [1.807, 2.05) is 6.92 Å². The lowest BCUT2D eigenvalue weighted by Crippen LogP contribution is -2.30. The van der Waals surface area contributed by atoms with Gasteiger partial charge in [-0.2, -0.15) is 4.98 Å². The maximum absolute atomic E-state index is 5.61. The Morgan fingerprint density at radius 2 is 2.31 bits per heavy atom. The van der Waals surface area contributed by atoms with E-state index >= 15 is 0 Å². The summed E-state index contributed by atoms with van der Waals surface area (Å²) in [6.07, 6.45) is 3.13. The van der Waals surface area contributed by atoms with Gasteiger partial charge in [-0.05, 0) is 31.3 Å². The third-order valence-electron chi connectivity index (χ3n) is 2.36. The van der Waals surface area contributed by atoms with Crippen LogP contribution in [0.15, 0.2) is 4.52 Å². The van der Waals surface area contributed by atoms with Gasteiger partial charge in [-0.25, -0.2) is 0 Å². The Bertz CT molecular complexity index is 291. The number of nitrogens with two attached hydrogens (primary N) is 1. The molecule has 0 radical (unpaired) electrons. The van der Waals surface area contributed by atoms with Crippen LogP contribution >= 0.6 is 0 Å². The third-order valence-corrected chi connectivity index (χ3v) is 2.36. The fourth-order valence-corrected chi connectivity index (χ4v) is 1.55. The van der Waals surface area contributed by atoms with Crippen molar-refractivity contribution in [3.05, 3.63) is 5.89 Å². The molecule has 1 aliphatic rings. The van der Waals surface area contributed by atoms with Crippen LogP contribution in [0.4, 0.5) is 5.95 Å². The predicted molar refractivity (Wildman–Crippen MR) is 45.9 cm³/mol. The molecule has 13 heavy (non-hydrogen) atoms. The highest BCUT2D eigenvalue weighted by Crippen LogP contribution is 2.33. The minimum Gasteiger partial charge on any atom is -0.365 e. The molecule has 1 aromatic heterocycles. The van der Waals surface area contributed by atoms with Gasteiger partial charge in [0.1, 0.15) is 5.60 Å². The van der Waals surface area contributed by atoms with Crippen molar-refractivity contribution in [2.75, 3.05) is 12.3 Å². The Morgan fingerprint density at radius 3 is 2.85 bits per heavy atom. The summed E-state index contributed by atoms with van der Waals surface area (Å²) in [5.41, 5.74) is 4.94. The largest absolute Gasteiger partial charge is 0.365 e. The molecule has 0 amide bonds. The van der Waals surface area contributed by atoms with Gasteiger partial charge < -0.3 is 15.0 Å². The average Bonchev–Trinajstić information content (AvgIpc) is 2.54. The van der Waals surface area contributed by atoms with Crippen LogP contribution in [-0.2, 0) is 10.3 Å². The number of rotatable bonds is 1. The first-order chi connectivity index (χ1) is 6.21. The number of aromatic nitrogens is 2. The molecule has 1 aliphatic heterocycles. The predicted octanol–water partition coefficient (Wildman–Crippen LogP) is 1.07. The highest BCUT2D eigenvalue weighted by atomic mass is 16.5. The molecular formula is C8H13N3O2. The van der Waals surface area contributed by atoms with Crippen molar-refractivity contribution in [2.45, 2.75) is 31.8 Å². The maximum Gasteiger partial charge on any atom is 0.260 e. The van der Waals surface area contributed by atoms with E-state index in [9.17, 15) is 0 Å². The first-order valence-electron chi connectivity index (χ1n) is 4.44. The first kappa shape index (κ1) is 8.50. The number of ether oxygens (including phenoxy) is 1. The molecule has 0 saturated carbocycles. The SMILES string of the molecule is CC1(c2nc(N)no2)CCCCO1. The van der Waals surface area contributed by atoms with E-state index < -0.39 is 5.60 Å². The van der Waals surface area contributed by atoms with E-state index in [2.05, 4.69) is 10.1 Å². The van der Waals surface area contributed by atoms with Crippen LogP contribution in [0.25, 0.3) is 0 Å². The van der Waals surface area contributed by atoms with Gasteiger partial charge in [-0.15, -0.1) is 0 Å². The van der Waals surface area contributed by atoms with Gasteiger partial charge in [0, 0.05) is 6.61 Å². The smallest absolute Gasteiger partial charge is 0.260 e. The average molecular weight is 183 g/mol. The summed E-state index contributed by atoms with van der Waals surface area (Å²) >= 11 is 0. The molecule has 2 rings (SSSR count). The molecular weight excluding hydrogens is 170 g/mol. The van der Waals surface area contributed by atoms with E-state index in [1.54, 1.807) is 0 Å². The van der Waals surface area contributed by atoms with E-state index in [4.69, 9.17) is 15.0 Å². The van der Waals surface area contributed by atoms with Crippen LogP contribution in [0.1, 0.15) is 32.1 Å². The Hall–Kier alpha value is -1.10. The first-order valence-corrected chi connectivity index (χ1v) is 4.44. The van der Waals surface area contributed by atoms with Crippen molar-refractivity contribution in [3.63, 3.8) is 0 Å². The van der Waals surface area contributed by atoms with Crippen molar-refractivity contribution < 1.29 is 9.26 Å². The Morgan fingerprint density at radius 1 is 1.46 bits per heavy atom. The molecule has 0 bridgehead atoms. The van der Waals surface area contributed by atoms with E-state index in [-0.39, 0.29) is 5.95 Å². The lowest BCUT2D eigenvalue weighted by molar-refractivity contribution is -0.0891. The standard InChI is InChI=1S/C8H13N3O2/c1-8(4-2-3-5-12-8)6-10-7(9)11-13-6/h2-5H2,1H3,(H2,9,11). The summed E-state index contributed by atoms with van der Waals surface area (Å²) < 4.78 is 10.6. The van der Waals surface area contributed by atoms with Gasteiger partial charge in [0.2, 0.25) is 0 Å². The molecule has 5 heteroatoms. The van der Waals surface area contributed by atoms with Gasteiger partial charge in [-0.3, -0.25) is 0 Å². The minimum absolute atomic E-state index is 0.172. The minimum atomic E-state index is -0.428. The summed E-state index contributed by atoms with van der Waals surface area (Å²) in [4.78, 5) is 3.98. The quantitative estimate of drug-likeness (QED) is 0.704. The van der Waals surface area contributed by atoms with Crippen molar-refractivity contribution in [3.8, 4) is 0 Å². The van der Waals surface area contributed by atoms with Crippen molar-refractivity contribution in [1.82, 2.24) is 10.1 Å². The van der Waals surface area contributed by atoms with Crippen LogP contribution in [0.2, 0.25) is 0 Å². The van der Waals surface area contributed by atoms with E-state index in [0.717, 1.165) is 25.9 Å². The van der Waals surface area contributed by atoms with Gasteiger partial charge in [-0.1, -0.05) is 0 Å². The fraction of sp³-hybridized carbons (Fsp3) is 0.750. The van der Waals surface area contributed by atoms with Crippen molar-refractivity contribution >= 4 is 5.95 Å². The topological polar surface area (TPSA) is 74.2 Å². The second kappa shape index (κ2) is 2.99. The van der Waals surface area contributed by atoms with Crippen LogP contribution in [0, 0.1) is 0 Å². The molecule has 0 spiro atoms. The number of nitrogens with zero attached hydrogens (tertiary/aromatic N) is 2. The molecule has 0 aliphatic carbocycles. The number of hydrogen-bond donors (Lipinski definition) is 1. The van der Waals surface area contributed by atoms with Crippen LogP contribution in [0.5, 0.6) is 0 Å². The summed E-state index contributed by atoms with van der Waals surface area (Å²) in [6, 6.07) is 0. The Balaban J connectivity index is 2.22. The monoisotopic (exact) mass is 183 g/mol. The maximum atomic E-state index is 5.61. The summed E-state index contributed by atoms with van der Waals surface area (Å²) in [5, 5.41) is 3.55. The lowest BCUT2D eigenvalue weighted by Gasteiger charge is -2.29. The lowest BCUT2D eigenvalue weighted by atomic mass is 9.96. The van der Waals surface area contributed by atoms with Crippen LogP contribution < -0.4 is 5.73 Å². The van der Waals surface area contributed by atoms with Gasteiger partial charge in [0.05, 0.1) is 0 Å². The summed E-state index contributed by atoms with van der Waals surface area (Å²) in [6.45, 7) is 2.71. The Labute approximate surface area is 76.3 Å². The second-order valence-corrected chi connectivity index (χ2v) is 3.49. The molecule has 0 aromatic carbocycles.